The summed E-state index contributed by atoms with van der Waals surface area (Å²) in [7, 11) is -1.94. The molecule has 1 aromatic carbocycles. The quantitative estimate of drug-likeness (QED) is 0.839. The summed E-state index contributed by atoms with van der Waals surface area (Å²) in [6, 6.07) is 9.42. The minimum atomic E-state index is -4.53. The van der Waals surface area contributed by atoms with Gasteiger partial charge in [-0.2, -0.15) is 13.2 Å². The van der Waals surface area contributed by atoms with Crippen LogP contribution in [0.15, 0.2) is 58.6 Å². The molecule has 2 aromatic rings. The molecule has 18 heavy (non-hydrogen) atoms. The standard InChI is InChI=1S/C12H8F3NOS/c13-12(14,15)9-5-1-2-6-10(9)18(17)11-7-3-4-8-16-11/h1-8H. The molecule has 0 aliphatic heterocycles. The number of pyridine rings is 1. The summed E-state index contributed by atoms with van der Waals surface area (Å²) >= 11 is 0. The van der Waals surface area contributed by atoms with Crippen molar-refractivity contribution in [3.05, 3.63) is 54.2 Å². The zero-order chi connectivity index (χ0) is 13.2. The molecule has 0 saturated heterocycles. The van der Waals surface area contributed by atoms with E-state index in [-0.39, 0.29) is 9.92 Å². The van der Waals surface area contributed by atoms with E-state index in [2.05, 4.69) is 4.98 Å². The highest BCUT2D eigenvalue weighted by molar-refractivity contribution is 7.85. The van der Waals surface area contributed by atoms with Crippen LogP contribution < -0.4 is 0 Å². The first-order valence-corrected chi connectivity index (χ1v) is 6.14. The van der Waals surface area contributed by atoms with Crippen molar-refractivity contribution in [1.29, 1.82) is 0 Å². The third kappa shape index (κ3) is 2.59. The van der Waals surface area contributed by atoms with Gasteiger partial charge in [0.15, 0.2) is 0 Å². The molecule has 0 fully saturated rings. The van der Waals surface area contributed by atoms with Crippen LogP contribution in [0.25, 0.3) is 0 Å². The second kappa shape index (κ2) is 4.89. The molecule has 1 heterocycles. The molecule has 0 spiro atoms. The summed E-state index contributed by atoms with van der Waals surface area (Å²) in [5.74, 6) is 0. The van der Waals surface area contributed by atoms with E-state index in [0.29, 0.717) is 0 Å². The summed E-state index contributed by atoms with van der Waals surface area (Å²) in [5.41, 5.74) is -0.894. The Kier molecular flexibility index (Phi) is 3.47. The van der Waals surface area contributed by atoms with Crippen LogP contribution in [0.5, 0.6) is 0 Å². The van der Waals surface area contributed by atoms with Gasteiger partial charge in [0.1, 0.15) is 15.8 Å². The number of halogens is 3. The van der Waals surface area contributed by atoms with Crippen LogP contribution in [-0.2, 0) is 17.0 Å². The molecule has 0 N–H and O–H groups in total. The van der Waals surface area contributed by atoms with Crippen LogP contribution in [0.2, 0.25) is 0 Å². The second-order valence-corrected chi connectivity index (χ2v) is 4.83. The fourth-order valence-corrected chi connectivity index (χ4v) is 2.60. The van der Waals surface area contributed by atoms with E-state index in [9.17, 15) is 17.4 Å². The van der Waals surface area contributed by atoms with E-state index in [4.69, 9.17) is 0 Å². The monoisotopic (exact) mass is 271 g/mol. The first-order valence-electron chi connectivity index (χ1n) is 4.99. The summed E-state index contributed by atoms with van der Waals surface area (Å²) in [4.78, 5) is 3.54. The molecule has 0 radical (unpaired) electrons. The fraction of sp³-hybridized carbons (Fsp3) is 0.0833. The van der Waals surface area contributed by atoms with Gasteiger partial charge < -0.3 is 0 Å². The highest BCUT2D eigenvalue weighted by Crippen LogP contribution is 2.34. The first-order chi connectivity index (χ1) is 8.50. The minimum Gasteiger partial charge on any atom is -0.247 e. The first kappa shape index (κ1) is 12.8. The number of aromatic nitrogens is 1. The van der Waals surface area contributed by atoms with Crippen LogP contribution >= 0.6 is 0 Å². The molecule has 0 bridgehead atoms. The smallest absolute Gasteiger partial charge is 0.247 e. The largest absolute Gasteiger partial charge is 0.417 e. The molecule has 1 atom stereocenters. The molecule has 1 aromatic heterocycles. The number of nitrogens with zero attached hydrogens (tertiary/aromatic N) is 1. The Bertz CT molecular complexity index is 569. The number of benzene rings is 1. The fourth-order valence-electron chi connectivity index (χ4n) is 1.43. The normalized spacial score (nSPS) is 13.3. The van der Waals surface area contributed by atoms with E-state index >= 15 is 0 Å². The second-order valence-electron chi connectivity index (χ2n) is 3.43. The van der Waals surface area contributed by atoms with Crippen LogP contribution in [-0.4, -0.2) is 9.19 Å². The maximum absolute atomic E-state index is 12.8. The zero-order valence-corrected chi connectivity index (χ0v) is 9.83. The van der Waals surface area contributed by atoms with E-state index in [1.165, 1.54) is 30.5 Å². The van der Waals surface area contributed by atoms with E-state index in [1.54, 1.807) is 12.1 Å². The molecule has 6 heteroatoms. The molecule has 2 nitrogen and oxygen atoms in total. The number of alkyl halides is 3. The molecule has 1 unspecified atom stereocenters. The van der Waals surface area contributed by atoms with Gasteiger partial charge in [0.25, 0.3) is 0 Å². The van der Waals surface area contributed by atoms with Crippen molar-refractivity contribution in [1.82, 2.24) is 4.98 Å². The number of rotatable bonds is 2. The van der Waals surface area contributed by atoms with Gasteiger partial charge in [0, 0.05) is 6.20 Å². The molecular weight excluding hydrogens is 263 g/mol. The molecule has 0 amide bonds. The average Bonchev–Trinajstić information content (AvgIpc) is 2.38. The average molecular weight is 271 g/mol. The minimum absolute atomic E-state index is 0.106. The van der Waals surface area contributed by atoms with Crippen molar-refractivity contribution in [2.45, 2.75) is 16.1 Å². The zero-order valence-electron chi connectivity index (χ0n) is 9.02. The lowest BCUT2D eigenvalue weighted by Gasteiger charge is -2.11. The maximum Gasteiger partial charge on any atom is 0.417 e. The third-order valence-corrected chi connectivity index (χ3v) is 3.60. The predicted molar refractivity (Wildman–Crippen MR) is 60.4 cm³/mol. The Hall–Kier alpha value is -1.69. The Morgan fingerprint density at radius 1 is 1.00 bits per heavy atom. The van der Waals surface area contributed by atoms with Gasteiger partial charge in [0.05, 0.1) is 10.5 Å². The van der Waals surface area contributed by atoms with Crippen LogP contribution in [0, 0.1) is 0 Å². The number of hydrogen-bond donors (Lipinski definition) is 0. The molecule has 2 rings (SSSR count). The van der Waals surface area contributed by atoms with Crippen molar-refractivity contribution in [3.63, 3.8) is 0 Å². The lowest BCUT2D eigenvalue weighted by molar-refractivity contribution is -0.139. The van der Waals surface area contributed by atoms with Crippen molar-refractivity contribution < 1.29 is 17.4 Å². The maximum atomic E-state index is 12.8. The molecule has 94 valence electrons. The van der Waals surface area contributed by atoms with Crippen molar-refractivity contribution in [2.75, 3.05) is 0 Å². The van der Waals surface area contributed by atoms with E-state index < -0.39 is 22.5 Å². The molecule has 0 aliphatic carbocycles. The summed E-state index contributed by atoms with van der Waals surface area (Å²) < 4.78 is 50.4. The van der Waals surface area contributed by atoms with Crippen molar-refractivity contribution in [3.8, 4) is 0 Å². The topological polar surface area (TPSA) is 30.0 Å². The van der Waals surface area contributed by atoms with Crippen LogP contribution in [0.1, 0.15) is 5.56 Å². The summed E-state index contributed by atoms with van der Waals surface area (Å²) in [6.07, 6.45) is -3.13. The van der Waals surface area contributed by atoms with Gasteiger partial charge >= 0.3 is 6.18 Å². The van der Waals surface area contributed by atoms with Crippen LogP contribution in [0.4, 0.5) is 13.2 Å². The Balaban J connectivity index is 2.50. The Morgan fingerprint density at radius 2 is 1.67 bits per heavy atom. The summed E-state index contributed by atoms with van der Waals surface area (Å²) in [6.45, 7) is 0. The summed E-state index contributed by atoms with van der Waals surface area (Å²) in [5, 5.41) is 0.106. The molecular formula is C12H8F3NOS. The lowest BCUT2D eigenvalue weighted by Crippen LogP contribution is -2.10. The predicted octanol–water partition coefficient (Wildman–Crippen LogP) is 3.27. The molecule has 0 aliphatic rings. The van der Waals surface area contributed by atoms with Crippen molar-refractivity contribution >= 4 is 10.8 Å². The van der Waals surface area contributed by atoms with Crippen molar-refractivity contribution in [2.24, 2.45) is 0 Å². The van der Waals surface area contributed by atoms with Crippen LogP contribution in [0.3, 0.4) is 0 Å². The van der Waals surface area contributed by atoms with Gasteiger partial charge in [-0.1, -0.05) is 18.2 Å². The molecule has 0 saturated carbocycles. The van der Waals surface area contributed by atoms with Gasteiger partial charge in [-0.25, -0.2) is 9.19 Å². The van der Waals surface area contributed by atoms with Gasteiger partial charge in [-0.15, -0.1) is 0 Å². The Morgan fingerprint density at radius 3 is 2.28 bits per heavy atom. The number of hydrogen-bond acceptors (Lipinski definition) is 2. The van der Waals surface area contributed by atoms with E-state index in [0.717, 1.165) is 6.07 Å². The Labute approximate surface area is 104 Å². The highest BCUT2D eigenvalue weighted by Gasteiger charge is 2.34. The van der Waals surface area contributed by atoms with Gasteiger partial charge in [-0.3, -0.25) is 0 Å². The third-order valence-electron chi connectivity index (χ3n) is 2.22. The van der Waals surface area contributed by atoms with E-state index in [1.807, 2.05) is 0 Å². The van der Waals surface area contributed by atoms with Gasteiger partial charge in [-0.05, 0) is 24.3 Å². The SMILES string of the molecule is O=S(c1ccccn1)c1ccccc1C(F)(F)F. The lowest BCUT2D eigenvalue weighted by atomic mass is 10.2. The highest BCUT2D eigenvalue weighted by atomic mass is 32.2. The van der Waals surface area contributed by atoms with Gasteiger partial charge in [0.2, 0.25) is 0 Å².